The van der Waals surface area contributed by atoms with E-state index in [0.29, 0.717) is 11.1 Å². The number of ether oxygens (including phenoxy) is 1. The van der Waals surface area contributed by atoms with E-state index >= 15 is 0 Å². The van der Waals surface area contributed by atoms with E-state index in [9.17, 15) is 0 Å². The highest BCUT2D eigenvalue weighted by molar-refractivity contribution is 9.10. The number of hydrogen-bond donors (Lipinski definition) is 1. The van der Waals surface area contributed by atoms with Gasteiger partial charge in [0.25, 0.3) is 0 Å². The lowest BCUT2D eigenvalue weighted by Gasteiger charge is -2.15. The van der Waals surface area contributed by atoms with E-state index in [0.717, 1.165) is 32.6 Å². The van der Waals surface area contributed by atoms with E-state index in [4.69, 9.17) is 16.3 Å². The summed E-state index contributed by atoms with van der Waals surface area (Å²) < 4.78 is 7.88. The minimum atomic E-state index is 0.416. The Labute approximate surface area is 147 Å². The topological polar surface area (TPSA) is 21.3 Å². The van der Waals surface area contributed by atoms with Crippen molar-refractivity contribution in [1.29, 1.82) is 0 Å². The lowest BCUT2D eigenvalue weighted by atomic mass is 10.2. The van der Waals surface area contributed by atoms with Crippen molar-refractivity contribution in [2.24, 2.45) is 0 Å². The second kappa shape index (κ2) is 7.63. The van der Waals surface area contributed by atoms with E-state index in [2.05, 4.69) is 57.1 Å². The predicted octanol–water partition coefficient (Wildman–Crippen LogP) is 6.16. The molecule has 0 saturated heterocycles. The van der Waals surface area contributed by atoms with E-state index in [1.165, 1.54) is 0 Å². The highest BCUT2D eigenvalue weighted by Gasteiger charge is 2.09. The van der Waals surface area contributed by atoms with Crippen LogP contribution in [0.5, 0.6) is 11.5 Å². The van der Waals surface area contributed by atoms with Crippen molar-refractivity contribution in [3.8, 4) is 11.5 Å². The van der Waals surface area contributed by atoms with Crippen LogP contribution in [0.4, 0.5) is 0 Å². The van der Waals surface area contributed by atoms with Crippen molar-refractivity contribution in [1.82, 2.24) is 5.32 Å². The molecule has 0 bridgehead atoms. The largest absolute Gasteiger partial charge is 0.456 e. The quantitative estimate of drug-likeness (QED) is 0.610. The summed E-state index contributed by atoms with van der Waals surface area (Å²) in [5.41, 5.74) is 1.10. The Morgan fingerprint density at radius 3 is 2.48 bits per heavy atom. The molecular weight excluding hydrogens is 417 g/mol. The molecule has 0 spiro atoms. The van der Waals surface area contributed by atoms with E-state index in [-0.39, 0.29) is 0 Å². The van der Waals surface area contributed by atoms with Gasteiger partial charge in [-0.1, -0.05) is 41.4 Å². The molecule has 0 heterocycles. The van der Waals surface area contributed by atoms with Crippen LogP contribution >= 0.6 is 43.5 Å². The molecule has 5 heteroatoms. The molecule has 2 aromatic rings. The number of rotatable bonds is 5. The maximum Gasteiger partial charge on any atom is 0.141 e. The molecule has 0 aromatic heterocycles. The smallest absolute Gasteiger partial charge is 0.141 e. The number of halogens is 3. The molecule has 2 rings (SSSR count). The van der Waals surface area contributed by atoms with Gasteiger partial charge in [-0.25, -0.2) is 0 Å². The molecule has 2 nitrogen and oxygen atoms in total. The lowest BCUT2D eigenvalue weighted by molar-refractivity contribution is 0.466. The average molecular weight is 434 g/mol. The van der Waals surface area contributed by atoms with Crippen molar-refractivity contribution >= 4 is 43.5 Å². The Bertz CT molecular complexity index is 632. The van der Waals surface area contributed by atoms with Gasteiger partial charge in [-0.15, -0.1) is 0 Å². The zero-order valence-electron chi connectivity index (χ0n) is 11.8. The van der Waals surface area contributed by atoms with Gasteiger partial charge in [-0.05, 0) is 52.3 Å². The summed E-state index contributed by atoms with van der Waals surface area (Å²) in [6, 6.07) is 11.9. The molecule has 0 saturated carbocycles. The zero-order valence-corrected chi connectivity index (χ0v) is 15.7. The van der Waals surface area contributed by atoms with Crippen molar-refractivity contribution in [2.75, 3.05) is 0 Å². The standard InChI is InChI=1S/C16H16Br2ClNO/c1-10(2)20-9-11-7-12(17)3-5-15(11)21-16-6-4-13(19)8-14(16)18/h3-8,10,20H,9H2,1-2H3. The molecule has 0 amide bonds. The van der Waals surface area contributed by atoms with Crippen LogP contribution in [0.25, 0.3) is 0 Å². The molecule has 1 N–H and O–H groups in total. The summed E-state index contributed by atoms with van der Waals surface area (Å²) >= 11 is 12.9. The van der Waals surface area contributed by atoms with Gasteiger partial charge in [0.05, 0.1) is 4.47 Å². The third-order valence-electron chi connectivity index (χ3n) is 2.84. The van der Waals surface area contributed by atoms with Crippen LogP contribution in [0.3, 0.4) is 0 Å². The number of nitrogens with one attached hydrogen (secondary N) is 1. The van der Waals surface area contributed by atoms with Crippen LogP contribution in [-0.2, 0) is 6.54 Å². The first-order valence-corrected chi connectivity index (χ1v) is 8.57. The van der Waals surface area contributed by atoms with Gasteiger partial charge < -0.3 is 10.1 Å². The Morgan fingerprint density at radius 2 is 1.81 bits per heavy atom. The van der Waals surface area contributed by atoms with Crippen molar-refractivity contribution in [3.05, 3.63) is 55.9 Å². The third kappa shape index (κ3) is 4.99. The highest BCUT2D eigenvalue weighted by Crippen LogP contribution is 2.34. The van der Waals surface area contributed by atoms with Crippen LogP contribution in [0.1, 0.15) is 19.4 Å². The lowest BCUT2D eigenvalue weighted by Crippen LogP contribution is -2.22. The molecule has 0 unspecified atom stereocenters. The molecule has 2 aromatic carbocycles. The van der Waals surface area contributed by atoms with Crippen LogP contribution < -0.4 is 10.1 Å². The maximum atomic E-state index is 6.02. The summed E-state index contributed by atoms with van der Waals surface area (Å²) in [6.45, 7) is 4.99. The normalized spacial score (nSPS) is 11.0. The van der Waals surface area contributed by atoms with E-state index in [1.54, 1.807) is 0 Å². The number of benzene rings is 2. The monoisotopic (exact) mass is 431 g/mol. The average Bonchev–Trinajstić information content (AvgIpc) is 2.41. The summed E-state index contributed by atoms with van der Waals surface area (Å²) in [5, 5.41) is 4.08. The summed E-state index contributed by atoms with van der Waals surface area (Å²) in [4.78, 5) is 0. The minimum Gasteiger partial charge on any atom is -0.456 e. The molecule has 0 aliphatic carbocycles. The van der Waals surface area contributed by atoms with Gasteiger partial charge in [-0.3, -0.25) is 0 Å². The molecule has 0 fully saturated rings. The summed E-state index contributed by atoms with van der Waals surface area (Å²) in [6.07, 6.45) is 0. The molecule has 0 radical (unpaired) electrons. The molecular formula is C16H16Br2ClNO. The molecule has 112 valence electrons. The fourth-order valence-electron chi connectivity index (χ4n) is 1.78. The Morgan fingerprint density at radius 1 is 1.10 bits per heavy atom. The third-order valence-corrected chi connectivity index (χ3v) is 4.19. The van der Waals surface area contributed by atoms with Crippen LogP contribution in [0.15, 0.2) is 45.3 Å². The Balaban J connectivity index is 2.26. The van der Waals surface area contributed by atoms with Gasteiger partial charge >= 0.3 is 0 Å². The summed E-state index contributed by atoms with van der Waals surface area (Å²) in [5.74, 6) is 1.57. The molecule has 0 aliphatic heterocycles. The van der Waals surface area contributed by atoms with Crippen molar-refractivity contribution < 1.29 is 4.74 Å². The molecule has 0 atom stereocenters. The molecule has 0 aliphatic rings. The number of hydrogen-bond acceptors (Lipinski definition) is 2. The fraction of sp³-hybridized carbons (Fsp3) is 0.250. The summed E-state index contributed by atoms with van der Waals surface area (Å²) in [7, 11) is 0. The zero-order chi connectivity index (χ0) is 15.4. The van der Waals surface area contributed by atoms with Gasteiger partial charge in [-0.2, -0.15) is 0 Å². The Hall–Kier alpha value is -0.550. The maximum absolute atomic E-state index is 6.02. The predicted molar refractivity (Wildman–Crippen MR) is 95.3 cm³/mol. The van der Waals surface area contributed by atoms with Crippen molar-refractivity contribution in [3.63, 3.8) is 0 Å². The van der Waals surface area contributed by atoms with E-state index < -0.39 is 0 Å². The van der Waals surface area contributed by atoms with Crippen LogP contribution in [-0.4, -0.2) is 6.04 Å². The molecule has 21 heavy (non-hydrogen) atoms. The van der Waals surface area contributed by atoms with Gasteiger partial charge in [0.15, 0.2) is 0 Å². The van der Waals surface area contributed by atoms with Gasteiger partial charge in [0, 0.05) is 27.6 Å². The highest BCUT2D eigenvalue weighted by atomic mass is 79.9. The first-order chi connectivity index (χ1) is 9.95. The first-order valence-electron chi connectivity index (χ1n) is 6.60. The van der Waals surface area contributed by atoms with Gasteiger partial charge in [0.1, 0.15) is 11.5 Å². The van der Waals surface area contributed by atoms with Crippen LogP contribution in [0, 0.1) is 0 Å². The van der Waals surface area contributed by atoms with Gasteiger partial charge in [0.2, 0.25) is 0 Å². The fourth-order valence-corrected chi connectivity index (χ4v) is 2.95. The SMILES string of the molecule is CC(C)NCc1cc(Br)ccc1Oc1ccc(Cl)cc1Br. The first kappa shape index (κ1) is 16.8. The van der Waals surface area contributed by atoms with E-state index in [1.807, 2.05) is 30.3 Å². The Kier molecular flexibility index (Phi) is 6.11. The second-order valence-electron chi connectivity index (χ2n) is 4.96. The second-order valence-corrected chi connectivity index (χ2v) is 7.17. The van der Waals surface area contributed by atoms with Crippen molar-refractivity contribution in [2.45, 2.75) is 26.4 Å². The minimum absolute atomic E-state index is 0.416. The van der Waals surface area contributed by atoms with Crippen LogP contribution in [0.2, 0.25) is 5.02 Å².